The van der Waals surface area contributed by atoms with Gasteiger partial charge in [0, 0.05) is 25.8 Å². The largest absolute Gasteiger partial charge is 0.397 e. The number of thiophene rings is 1. The standard InChI is InChI=1S/C16H23N5O2S/c17-4-7-23-9-10-2-1-6-21(8-10)11-3-5-20-16-12(11)13(18)14(24-16)15(19)22/h3,5,10H,1-2,4,6-9,17-18H2,(H2,19,22). The number of nitrogen functional groups attached to an aromatic ring is 1. The lowest BCUT2D eigenvalue weighted by Gasteiger charge is -2.34. The SMILES string of the molecule is NCCOCC1CCCN(c2ccnc3sc(C(N)=O)c(N)c23)C1. The summed E-state index contributed by atoms with van der Waals surface area (Å²) in [4.78, 5) is 19.3. The highest BCUT2D eigenvalue weighted by atomic mass is 32.1. The van der Waals surface area contributed by atoms with Gasteiger partial charge in [0.2, 0.25) is 0 Å². The minimum atomic E-state index is -0.506. The third-order valence-corrected chi connectivity index (χ3v) is 5.43. The number of primary amides is 1. The first-order valence-corrected chi connectivity index (χ1v) is 8.93. The molecule has 0 spiro atoms. The van der Waals surface area contributed by atoms with Crippen molar-refractivity contribution in [2.24, 2.45) is 17.4 Å². The number of ether oxygens (including phenoxy) is 1. The highest BCUT2D eigenvalue weighted by Gasteiger charge is 2.24. The van der Waals surface area contributed by atoms with Gasteiger partial charge in [0.05, 0.1) is 30.0 Å². The molecule has 1 aliphatic heterocycles. The molecule has 2 aromatic rings. The van der Waals surface area contributed by atoms with Crippen molar-refractivity contribution in [3.63, 3.8) is 0 Å². The predicted octanol–water partition coefficient (Wildman–Crippen LogP) is 1.17. The minimum Gasteiger partial charge on any atom is -0.397 e. The van der Waals surface area contributed by atoms with E-state index in [4.69, 9.17) is 21.9 Å². The minimum absolute atomic E-state index is 0.379. The number of piperidine rings is 1. The van der Waals surface area contributed by atoms with Crippen molar-refractivity contribution in [1.29, 1.82) is 0 Å². The molecule has 130 valence electrons. The number of nitrogens with two attached hydrogens (primary N) is 3. The van der Waals surface area contributed by atoms with Crippen molar-refractivity contribution in [3.05, 3.63) is 17.1 Å². The number of hydrogen-bond acceptors (Lipinski definition) is 7. The lowest BCUT2D eigenvalue weighted by atomic mass is 9.98. The van der Waals surface area contributed by atoms with Crippen LogP contribution in [0.4, 0.5) is 11.4 Å². The molecule has 1 amide bonds. The summed E-state index contributed by atoms with van der Waals surface area (Å²) in [6.45, 7) is 3.70. The van der Waals surface area contributed by atoms with Gasteiger partial charge in [0.25, 0.3) is 5.91 Å². The molecule has 6 N–H and O–H groups in total. The molecule has 24 heavy (non-hydrogen) atoms. The van der Waals surface area contributed by atoms with E-state index < -0.39 is 5.91 Å². The van der Waals surface area contributed by atoms with Crippen LogP contribution < -0.4 is 22.1 Å². The quantitative estimate of drug-likeness (QED) is 0.673. The second-order valence-electron chi connectivity index (χ2n) is 6.04. The average Bonchev–Trinajstić information content (AvgIpc) is 2.93. The van der Waals surface area contributed by atoms with E-state index in [1.54, 1.807) is 6.20 Å². The van der Waals surface area contributed by atoms with Crippen molar-refractivity contribution in [3.8, 4) is 0 Å². The smallest absolute Gasteiger partial charge is 0.260 e. The Morgan fingerprint density at radius 2 is 2.33 bits per heavy atom. The number of fused-ring (bicyclic) bond motifs is 1. The van der Waals surface area contributed by atoms with Crippen LogP contribution in [0, 0.1) is 5.92 Å². The molecule has 1 atom stereocenters. The summed E-state index contributed by atoms with van der Waals surface area (Å²) in [5.74, 6) is -0.0443. The van der Waals surface area contributed by atoms with Gasteiger partial charge in [0.1, 0.15) is 9.71 Å². The van der Waals surface area contributed by atoms with E-state index in [-0.39, 0.29) is 0 Å². The van der Waals surface area contributed by atoms with Crippen molar-refractivity contribution >= 4 is 38.8 Å². The molecule has 2 aromatic heterocycles. The lowest BCUT2D eigenvalue weighted by Crippen LogP contribution is -2.37. The molecule has 0 aliphatic carbocycles. The number of hydrogen-bond donors (Lipinski definition) is 3. The van der Waals surface area contributed by atoms with Crippen LogP contribution in [-0.4, -0.2) is 43.7 Å². The van der Waals surface area contributed by atoms with Crippen molar-refractivity contribution in [2.45, 2.75) is 12.8 Å². The fourth-order valence-electron chi connectivity index (χ4n) is 3.23. The van der Waals surface area contributed by atoms with Crippen LogP contribution in [0.3, 0.4) is 0 Å². The van der Waals surface area contributed by atoms with E-state index in [0.29, 0.717) is 36.2 Å². The monoisotopic (exact) mass is 349 g/mol. The molecule has 0 saturated carbocycles. The molecule has 7 nitrogen and oxygen atoms in total. The van der Waals surface area contributed by atoms with Gasteiger partial charge in [-0.25, -0.2) is 4.98 Å². The van der Waals surface area contributed by atoms with E-state index in [0.717, 1.165) is 41.8 Å². The number of carbonyl (C=O) groups is 1. The molecule has 1 fully saturated rings. The average molecular weight is 349 g/mol. The summed E-state index contributed by atoms with van der Waals surface area (Å²) >= 11 is 1.25. The summed E-state index contributed by atoms with van der Waals surface area (Å²) < 4.78 is 5.61. The molecular weight excluding hydrogens is 326 g/mol. The van der Waals surface area contributed by atoms with Crippen LogP contribution in [0.5, 0.6) is 0 Å². The van der Waals surface area contributed by atoms with Crippen LogP contribution in [0.15, 0.2) is 12.3 Å². The molecule has 1 aliphatic rings. The molecular formula is C16H23N5O2S. The fraction of sp³-hybridized carbons (Fsp3) is 0.500. The maximum atomic E-state index is 11.6. The lowest BCUT2D eigenvalue weighted by molar-refractivity contribution is 0.0993. The van der Waals surface area contributed by atoms with Crippen LogP contribution in [-0.2, 0) is 4.74 Å². The number of anilines is 2. The third kappa shape index (κ3) is 3.31. The van der Waals surface area contributed by atoms with E-state index >= 15 is 0 Å². The second-order valence-corrected chi connectivity index (χ2v) is 7.04. The Balaban J connectivity index is 1.87. The van der Waals surface area contributed by atoms with Gasteiger partial charge in [-0.1, -0.05) is 0 Å². The normalized spacial score (nSPS) is 18.2. The van der Waals surface area contributed by atoms with Gasteiger partial charge in [-0.05, 0) is 24.8 Å². The zero-order valence-corrected chi connectivity index (χ0v) is 14.3. The van der Waals surface area contributed by atoms with Gasteiger partial charge in [0.15, 0.2) is 0 Å². The van der Waals surface area contributed by atoms with E-state index in [9.17, 15) is 4.79 Å². The van der Waals surface area contributed by atoms with Crippen molar-refractivity contribution in [2.75, 3.05) is 43.5 Å². The first-order valence-electron chi connectivity index (χ1n) is 8.11. The van der Waals surface area contributed by atoms with Gasteiger partial charge in [-0.3, -0.25) is 4.79 Å². The molecule has 8 heteroatoms. The van der Waals surface area contributed by atoms with Gasteiger partial charge < -0.3 is 26.8 Å². The Labute approximate surface area is 144 Å². The molecule has 0 aromatic carbocycles. The first-order chi connectivity index (χ1) is 11.6. The summed E-state index contributed by atoms with van der Waals surface area (Å²) in [5.41, 5.74) is 18.5. The van der Waals surface area contributed by atoms with E-state index in [2.05, 4.69) is 9.88 Å². The van der Waals surface area contributed by atoms with Gasteiger partial charge in [-0.2, -0.15) is 0 Å². The summed E-state index contributed by atoms with van der Waals surface area (Å²) in [6.07, 6.45) is 3.99. The van der Waals surface area contributed by atoms with E-state index in [1.807, 2.05) is 6.07 Å². The first kappa shape index (κ1) is 16.9. The topological polar surface area (TPSA) is 120 Å². The maximum Gasteiger partial charge on any atom is 0.260 e. The summed E-state index contributed by atoms with van der Waals surface area (Å²) in [6, 6.07) is 1.96. The number of pyridine rings is 1. The number of amides is 1. The van der Waals surface area contributed by atoms with Crippen LogP contribution in [0.25, 0.3) is 10.2 Å². The Bertz CT molecular complexity index is 733. The van der Waals surface area contributed by atoms with Gasteiger partial charge in [-0.15, -0.1) is 11.3 Å². The Morgan fingerprint density at radius 3 is 3.08 bits per heavy atom. The molecule has 0 radical (unpaired) electrons. The van der Waals surface area contributed by atoms with Crippen LogP contribution >= 0.6 is 11.3 Å². The number of nitrogens with zero attached hydrogens (tertiary/aromatic N) is 2. The van der Waals surface area contributed by atoms with Crippen molar-refractivity contribution < 1.29 is 9.53 Å². The molecule has 3 heterocycles. The third-order valence-electron chi connectivity index (χ3n) is 4.31. The zero-order valence-electron chi connectivity index (χ0n) is 13.5. The molecule has 3 rings (SSSR count). The highest BCUT2D eigenvalue weighted by molar-refractivity contribution is 7.21. The number of aromatic nitrogens is 1. The molecule has 1 unspecified atom stereocenters. The molecule has 0 bridgehead atoms. The Kier molecular flexibility index (Phi) is 5.17. The second kappa shape index (κ2) is 7.33. The number of carbonyl (C=O) groups excluding carboxylic acids is 1. The fourth-order valence-corrected chi connectivity index (χ4v) is 4.16. The predicted molar refractivity (Wildman–Crippen MR) is 97.4 cm³/mol. The Morgan fingerprint density at radius 1 is 1.50 bits per heavy atom. The summed E-state index contributed by atoms with van der Waals surface area (Å²) in [5, 5.41) is 0.833. The Hall–Kier alpha value is -1.90. The number of rotatable bonds is 6. The van der Waals surface area contributed by atoms with Crippen molar-refractivity contribution in [1.82, 2.24) is 4.98 Å². The zero-order chi connectivity index (χ0) is 17.1. The maximum absolute atomic E-state index is 11.6. The highest BCUT2D eigenvalue weighted by Crippen LogP contribution is 2.39. The van der Waals surface area contributed by atoms with Crippen LogP contribution in [0.1, 0.15) is 22.5 Å². The summed E-state index contributed by atoms with van der Waals surface area (Å²) in [7, 11) is 0. The van der Waals surface area contributed by atoms with Gasteiger partial charge >= 0.3 is 0 Å². The van der Waals surface area contributed by atoms with E-state index in [1.165, 1.54) is 11.3 Å². The van der Waals surface area contributed by atoms with Crippen LogP contribution in [0.2, 0.25) is 0 Å². The molecule has 1 saturated heterocycles.